The van der Waals surface area contributed by atoms with Crippen LogP contribution in [0.5, 0.6) is 0 Å². The van der Waals surface area contributed by atoms with E-state index in [9.17, 15) is 13.5 Å². The molecule has 1 aliphatic carbocycles. The molecule has 170 valence electrons. The number of hydrogen-bond acceptors (Lipinski definition) is 9. The lowest BCUT2D eigenvalue weighted by molar-refractivity contribution is 0.259. The molecule has 2 heterocycles. The van der Waals surface area contributed by atoms with E-state index in [1.807, 2.05) is 19.3 Å². The van der Waals surface area contributed by atoms with Crippen LogP contribution in [0.1, 0.15) is 69.1 Å². The molecule has 11 heteroatoms. The molecule has 2 aromatic heterocycles. The fourth-order valence-corrected chi connectivity index (χ4v) is 3.69. The van der Waals surface area contributed by atoms with Gasteiger partial charge in [-0.3, -0.25) is 4.72 Å². The molecule has 10 nitrogen and oxygen atoms in total. The van der Waals surface area contributed by atoms with Crippen molar-refractivity contribution in [2.24, 2.45) is 5.92 Å². The van der Waals surface area contributed by atoms with Gasteiger partial charge in [-0.25, -0.2) is 18.4 Å². The number of aromatic nitrogens is 5. The Morgan fingerprint density at radius 1 is 1.10 bits per heavy atom. The summed E-state index contributed by atoms with van der Waals surface area (Å²) in [5, 5.41) is 12.8. The highest BCUT2D eigenvalue weighted by Crippen LogP contribution is 2.37. The second-order valence-electron chi connectivity index (χ2n) is 8.68. The maximum atomic E-state index is 11.7. The third-order valence-electron chi connectivity index (χ3n) is 4.96. The topological polar surface area (TPSA) is 143 Å². The molecule has 2 unspecified atom stereocenters. The minimum absolute atomic E-state index is 0.0267. The quantitative estimate of drug-likeness (QED) is 0.470. The fraction of sp³-hybridized carbons (Fsp3) is 0.650. The van der Waals surface area contributed by atoms with Gasteiger partial charge in [-0.2, -0.15) is 15.0 Å². The summed E-state index contributed by atoms with van der Waals surface area (Å²) in [6, 6.07) is -0.248. The normalized spacial score (nSPS) is 16.2. The van der Waals surface area contributed by atoms with Crippen molar-refractivity contribution < 1.29 is 13.5 Å². The van der Waals surface area contributed by atoms with Crippen LogP contribution in [0.3, 0.4) is 0 Å². The molecule has 1 fully saturated rings. The van der Waals surface area contributed by atoms with Crippen LogP contribution < -0.4 is 10.0 Å². The number of hydrogen-bond donors (Lipinski definition) is 3. The number of nitrogens with one attached hydrogen (secondary N) is 2. The lowest BCUT2D eigenvalue weighted by Crippen LogP contribution is -2.27. The molecule has 0 saturated heterocycles. The van der Waals surface area contributed by atoms with Gasteiger partial charge in [-0.05, 0) is 36.7 Å². The first kappa shape index (κ1) is 23.3. The van der Waals surface area contributed by atoms with Crippen LogP contribution in [0.4, 0.5) is 11.9 Å². The Labute approximate surface area is 183 Å². The Bertz CT molecular complexity index is 979. The molecular formula is C20H31N7O3S. The van der Waals surface area contributed by atoms with Crippen LogP contribution in [0, 0.1) is 5.92 Å². The van der Waals surface area contributed by atoms with E-state index in [4.69, 9.17) is 0 Å². The third-order valence-corrected chi connectivity index (χ3v) is 5.51. The summed E-state index contributed by atoms with van der Waals surface area (Å²) in [5.41, 5.74) is 0.963. The van der Waals surface area contributed by atoms with Gasteiger partial charge in [-0.15, -0.1) is 0 Å². The summed E-state index contributed by atoms with van der Waals surface area (Å²) in [7, 11) is -3.55. The highest BCUT2D eigenvalue weighted by atomic mass is 32.2. The zero-order valence-electron chi connectivity index (χ0n) is 18.4. The van der Waals surface area contributed by atoms with Gasteiger partial charge >= 0.3 is 0 Å². The fourth-order valence-electron chi connectivity index (χ4n) is 3.26. The Morgan fingerprint density at radius 2 is 1.74 bits per heavy atom. The number of aliphatic hydroxyl groups is 1. The van der Waals surface area contributed by atoms with E-state index >= 15 is 0 Å². The number of sulfonamides is 1. The van der Waals surface area contributed by atoms with Crippen molar-refractivity contribution in [3.8, 4) is 0 Å². The molecule has 31 heavy (non-hydrogen) atoms. The van der Waals surface area contributed by atoms with Crippen molar-refractivity contribution >= 4 is 21.9 Å². The van der Waals surface area contributed by atoms with E-state index in [2.05, 4.69) is 48.8 Å². The van der Waals surface area contributed by atoms with Gasteiger partial charge in [-0.1, -0.05) is 20.8 Å². The van der Waals surface area contributed by atoms with E-state index < -0.39 is 10.0 Å². The summed E-state index contributed by atoms with van der Waals surface area (Å²) >= 11 is 0. The van der Waals surface area contributed by atoms with Gasteiger partial charge < -0.3 is 10.4 Å². The minimum Gasteiger partial charge on any atom is -0.394 e. The monoisotopic (exact) mass is 449 g/mol. The van der Waals surface area contributed by atoms with E-state index in [0.717, 1.165) is 30.5 Å². The number of nitrogens with zero attached hydrogens (tertiary/aromatic N) is 5. The maximum Gasteiger partial charge on any atom is 0.241 e. The molecule has 0 amide bonds. The lowest BCUT2D eigenvalue weighted by Gasteiger charge is -2.19. The molecular weight excluding hydrogens is 418 g/mol. The molecule has 3 rings (SSSR count). The lowest BCUT2D eigenvalue weighted by atomic mass is 10.0. The minimum atomic E-state index is -3.55. The predicted octanol–water partition coefficient (Wildman–Crippen LogP) is 2.08. The highest BCUT2D eigenvalue weighted by Gasteiger charge is 2.26. The third kappa shape index (κ3) is 7.35. The van der Waals surface area contributed by atoms with Crippen LogP contribution in [0.2, 0.25) is 0 Å². The van der Waals surface area contributed by atoms with Crippen LogP contribution in [-0.2, 0) is 16.4 Å². The summed E-state index contributed by atoms with van der Waals surface area (Å²) in [6.07, 6.45) is 8.19. The van der Waals surface area contributed by atoms with Crippen LogP contribution in [-0.4, -0.2) is 57.3 Å². The van der Waals surface area contributed by atoms with Gasteiger partial charge in [0.2, 0.25) is 21.9 Å². The highest BCUT2D eigenvalue weighted by molar-refractivity contribution is 7.91. The second-order valence-corrected chi connectivity index (χ2v) is 10.4. The zero-order valence-corrected chi connectivity index (χ0v) is 19.2. The van der Waals surface area contributed by atoms with Crippen LogP contribution >= 0.6 is 0 Å². The summed E-state index contributed by atoms with van der Waals surface area (Å²) in [5.74, 6) is 2.38. The molecule has 0 bridgehead atoms. The number of anilines is 2. The first-order valence-corrected chi connectivity index (χ1v) is 12.4. The van der Waals surface area contributed by atoms with Gasteiger partial charge in [0, 0.05) is 24.7 Å². The number of rotatable bonds is 11. The summed E-state index contributed by atoms with van der Waals surface area (Å²) in [6.45, 7) is 6.04. The SMILES string of the molecule is CC(C)CC(CO)Nc1nc(CC(C)c2cnc(C3CC3)nc2)nc(NS(C)(=O)=O)n1. The van der Waals surface area contributed by atoms with Crippen LogP contribution in [0.25, 0.3) is 0 Å². The van der Waals surface area contributed by atoms with Crippen molar-refractivity contribution in [1.82, 2.24) is 24.9 Å². The molecule has 0 radical (unpaired) electrons. The first-order chi connectivity index (χ1) is 14.6. The Kier molecular flexibility index (Phi) is 7.37. The molecule has 1 aliphatic rings. The van der Waals surface area contributed by atoms with E-state index in [1.165, 1.54) is 0 Å². The molecule has 0 spiro atoms. The summed E-state index contributed by atoms with van der Waals surface area (Å²) < 4.78 is 25.7. The zero-order chi connectivity index (χ0) is 22.6. The molecule has 0 aromatic carbocycles. The Morgan fingerprint density at radius 3 is 2.29 bits per heavy atom. The van der Waals surface area contributed by atoms with Crippen molar-refractivity contribution in [2.45, 2.75) is 64.3 Å². The predicted molar refractivity (Wildman–Crippen MR) is 118 cm³/mol. The van der Waals surface area contributed by atoms with Crippen molar-refractivity contribution in [1.29, 1.82) is 0 Å². The Hall–Kier alpha value is -2.40. The summed E-state index contributed by atoms with van der Waals surface area (Å²) in [4.78, 5) is 21.8. The molecule has 1 saturated carbocycles. The van der Waals surface area contributed by atoms with Gasteiger partial charge in [0.25, 0.3) is 0 Å². The van der Waals surface area contributed by atoms with E-state index in [1.54, 1.807) is 0 Å². The van der Waals surface area contributed by atoms with Crippen molar-refractivity contribution in [3.05, 3.63) is 29.6 Å². The van der Waals surface area contributed by atoms with Crippen molar-refractivity contribution in [2.75, 3.05) is 22.9 Å². The van der Waals surface area contributed by atoms with Gasteiger partial charge in [0.1, 0.15) is 11.6 Å². The standard InChI is InChI=1S/C20H31N7O3S/c1-12(2)7-16(11-28)23-19-24-17(25-20(26-19)27-31(4,29)30)8-13(3)15-9-21-18(22-10-15)14-5-6-14/h9-10,12-14,16,28H,5-8,11H2,1-4H3,(H2,23,24,25,26,27). The average Bonchev–Trinajstić information content (AvgIpc) is 3.51. The van der Waals surface area contributed by atoms with E-state index in [-0.39, 0.29) is 30.5 Å². The first-order valence-electron chi connectivity index (χ1n) is 10.5. The largest absolute Gasteiger partial charge is 0.394 e. The smallest absolute Gasteiger partial charge is 0.241 e. The maximum absolute atomic E-state index is 11.7. The average molecular weight is 450 g/mol. The van der Waals surface area contributed by atoms with Crippen molar-refractivity contribution in [3.63, 3.8) is 0 Å². The van der Waals surface area contributed by atoms with E-state index in [0.29, 0.717) is 30.5 Å². The molecule has 0 aliphatic heterocycles. The van der Waals surface area contributed by atoms with Gasteiger partial charge in [0.15, 0.2) is 0 Å². The second kappa shape index (κ2) is 9.82. The molecule has 2 atom stereocenters. The van der Waals surface area contributed by atoms with Gasteiger partial charge in [0.05, 0.1) is 18.9 Å². The molecule has 3 N–H and O–H groups in total. The Balaban J connectivity index is 1.80. The number of aliphatic hydroxyl groups excluding tert-OH is 1. The van der Waals surface area contributed by atoms with Crippen LogP contribution in [0.15, 0.2) is 12.4 Å². The molecule has 2 aromatic rings.